The number of carbonyl (C=O) groups is 2. The van der Waals surface area contributed by atoms with Crippen LogP contribution >= 0.6 is 7.82 Å². The summed E-state index contributed by atoms with van der Waals surface area (Å²) in [6.45, 7) is 4.33. The van der Waals surface area contributed by atoms with E-state index >= 15 is 0 Å². The first-order valence-corrected chi connectivity index (χ1v) is 38.4. The molecule has 0 aromatic heterocycles. The standard InChI is InChI=1S/C73H144NO8P/c1-6-8-10-12-14-16-18-20-22-24-26-28-30-32-34-36-38-39-41-43-45-47-49-51-53-55-57-59-61-63-65-72(75)79-69-71(70-81-83(77,78)80-68-67-74(3,4)5)82-73(76)66-64-62-60-58-56-54-52-50-48-46-44-42-40-37-35-33-31-29-27-25-23-21-19-17-15-13-11-9-7-2/h25,27,71H,6-24,26,28-70H2,1-5H3/b27-25-. The third-order valence-corrected chi connectivity index (χ3v) is 18.0. The summed E-state index contributed by atoms with van der Waals surface area (Å²) in [4.78, 5) is 38.1. The fraction of sp³-hybridized carbons (Fsp3) is 0.945. The van der Waals surface area contributed by atoms with Crippen molar-refractivity contribution in [2.45, 2.75) is 399 Å². The van der Waals surface area contributed by atoms with Gasteiger partial charge in [-0.25, -0.2) is 0 Å². The van der Waals surface area contributed by atoms with Crippen molar-refractivity contribution in [3.63, 3.8) is 0 Å². The average molecular weight is 1190 g/mol. The van der Waals surface area contributed by atoms with Gasteiger partial charge in [0.05, 0.1) is 27.7 Å². The monoisotopic (exact) mass is 1190 g/mol. The Hall–Kier alpha value is -1.25. The van der Waals surface area contributed by atoms with Crippen molar-refractivity contribution in [3.8, 4) is 0 Å². The Morgan fingerprint density at radius 3 is 0.892 bits per heavy atom. The van der Waals surface area contributed by atoms with Gasteiger partial charge in [-0.2, -0.15) is 0 Å². The zero-order chi connectivity index (χ0) is 60.5. The number of esters is 2. The number of phosphoric acid groups is 1. The van der Waals surface area contributed by atoms with E-state index in [1.807, 2.05) is 21.1 Å². The molecule has 0 bridgehead atoms. The molecular formula is C73H144NO8P. The van der Waals surface area contributed by atoms with Crippen LogP contribution < -0.4 is 4.89 Å². The SMILES string of the molecule is CCCCCCCCCC/C=C\CCCCCCCCCCCCCCCCCCCC(=O)OC(COC(=O)CCCCCCCCCCCCCCCCCCCCCCCCCCCCCCCC)COP(=O)([O-])OCC[N+](C)(C)C. The summed E-state index contributed by atoms with van der Waals surface area (Å²) < 4.78 is 34.4. The first-order valence-electron chi connectivity index (χ1n) is 36.9. The van der Waals surface area contributed by atoms with Crippen molar-refractivity contribution in [2.75, 3.05) is 47.5 Å². The van der Waals surface area contributed by atoms with Gasteiger partial charge < -0.3 is 27.9 Å². The maximum absolute atomic E-state index is 12.9. The molecule has 10 heteroatoms. The van der Waals surface area contributed by atoms with Crippen LogP contribution in [-0.2, 0) is 32.7 Å². The van der Waals surface area contributed by atoms with E-state index in [4.69, 9.17) is 18.5 Å². The Morgan fingerprint density at radius 2 is 0.614 bits per heavy atom. The molecule has 0 saturated heterocycles. The van der Waals surface area contributed by atoms with Crippen LogP contribution in [0, 0.1) is 0 Å². The lowest BCUT2D eigenvalue weighted by Crippen LogP contribution is -2.37. The summed E-state index contributed by atoms with van der Waals surface area (Å²) in [7, 11) is 1.19. The molecule has 0 aliphatic carbocycles. The maximum Gasteiger partial charge on any atom is 0.306 e. The molecule has 0 spiro atoms. The smallest absolute Gasteiger partial charge is 0.306 e. The van der Waals surface area contributed by atoms with E-state index in [2.05, 4.69) is 26.0 Å². The van der Waals surface area contributed by atoms with E-state index in [-0.39, 0.29) is 32.0 Å². The first-order chi connectivity index (χ1) is 40.5. The van der Waals surface area contributed by atoms with Gasteiger partial charge in [-0.1, -0.05) is 353 Å². The molecular weight excluding hydrogens is 1050 g/mol. The molecule has 0 N–H and O–H groups in total. The summed E-state index contributed by atoms with van der Waals surface area (Å²) in [6.07, 6.45) is 80.3. The minimum Gasteiger partial charge on any atom is -0.756 e. The van der Waals surface area contributed by atoms with Gasteiger partial charge in [0.25, 0.3) is 7.82 Å². The molecule has 0 fully saturated rings. The van der Waals surface area contributed by atoms with Crippen LogP contribution in [0.25, 0.3) is 0 Å². The third kappa shape index (κ3) is 69.7. The van der Waals surface area contributed by atoms with Crippen LogP contribution in [0.2, 0.25) is 0 Å². The molecule has 9 nitrogen and oxygen atoms in total. The number of unbranched alkanes of at least 4 members (excludes halogenated alkanes) is 54. The molecule has 2 atom stereocenters. The Balaban J connectivity index is 3.95. The number of likely N-dealkylation sites (N-methyl/N-ethyl adjacent to an activating group) is 1. The number of carbonyl (C=O) groups excluding carboxylic acids is 2. The number of allylic oxidation sites excluding steroid dienone is 2. The predicted molar refractivity (Wildman–Crippen MR) is 356 cm³/mol. The van der Waals surface area contributed by atoms with Crippen LogP contribution in [0.15, 0.2) is 12.2 Å². The number of ether oxygens (including phenoxy) is 2. The Kier molecular flexibility index (Phi) is 64.2. The number of nitrogens with zero attached hydrogens (tertiary/aromatic N) is 1. The number of rotatable bonds is 70. The number of quaternary nitrogens is 1. The molecule has 0 amide bonds. The van der Waals surface area contributed by atoms with E-state index in [9.17, 15) is 19.0 Å². The normalized spacial score (nSPS) is 13.1. The Bertz CT molecular complexity index is 1400. The van der Waals surface area contributed by atoms with Crippen LogP contribution in [0.5, 0.6) is 0 Å². The van der Waals surface area contributed by atoms with E-state index in [0.717, 1.165) is 32.1 Å². The molecule has 0 rings (SSSR count). The highest BCUT2D eigenvalue weighted by Gasteiger charge is 2.22. The van der Waals surface area contributed by atoms with Crippen molar-refractivity contribution in [3.05, 3.63) is 12.2 Å². The number of hydrogen-bond acceptors (Lipinski definition) is 8. The lowest BCUT2D eigenvalue weighted by molar-refractivity contribution is -0.870. The maximum atomic E-state index is 12.9. The molecule has 0 saturated carbocycles. The van der Waals surface area contributed by atoms with Gasteiger partial charge in [0.15, 0.2) is 6.10 Å². The summed E-state index contributed by atoms with van der Waals surface area (Å²) in [5.74, 6) is -0.805. The van der Waals surface area contributed by atoms with E-state index in [1.165, 1.54) is 327 Å². The lowest BCUT2D eigenvalue weighted by Gasteiger charge is -2.28. The predicted octanol–water partition coefficient (Wildman–Crippen LogP) is 23.3. The largest absolute Gasteiger partial charge is 0.756 e. The van der Waals surface area contributed by atoms with Gasteiger partial charge in [0.1, 0.15) is 19.8 Å². The van der Waals surface area contributed by atoms with Crippen molar-refractivity contribution >= 4 is 19.8 Å². The van der Waals surface area contributed by atoms with Crippen LogP contribution in [0.4, 0.5) is 0 Å². The fourth-order valence-electron chi connectivity index (χ4n) is 11.4. The van der Waals surface area contributed by atoms with Gasteiger partial charge in [0, 0.05) is 12.8 Å². The van der Waals surface area contributed by atoms with Gasteiger partial charge in [-0.05, 0) is 38.5 Å². The second kappa shape index (κ2) is 65.2. The summed E-state index contributed by atoms with van der Waals surface area (Å²) >= 11 is 0. The number of phosphoric ester groups is 1. The minimum absolute atomic E-state index is 0.0259. The quantitative estimate of drug-likeness (QED) is 0.0195. The topological polar surface area (TPSA) is 111 Å². The highest BCUT2D eigenvalue weighted by molar-refractivity contribution is 7.45. The van der Waals surface area contributed by atoms with Crippen LogP contribution in [0.1, 0.15) is 393 Å². The third-order valence-electron chi connectivity index (χ3n) is 17.0. The summed E-state index contributed by atoms with van der Waals surface area (Å²) in [5, 5.41) is 0. The molecule has 494 valence electrons. The second-order valence-electron chi connectivity index (χ2n) is 26.7. The zero-order valence-electron chi connectivity index (χ0n) is 56.4. The molecule has 0 aromatic rings. The van der Waals surface area contributed by atoms with Crippen LogP contribution in [0.3, 0.4) is 0 Å². The van der Waals surface area contributed by atoms with Crippen molar-refractivity contribution in [1.82, 2.24) is 0 Å². The van der Waals surface area contributed by atoms with Gasteiger partial charge in [-0.3, -0.25) is 14.2 Å². The van der Waals surface area contributed by atoms with Crippen molar-refractivity contribution in [2.24, 2.45) is 0 Å². The molecule has 83 heavy (non-hydrogen) atoms. The minimum atomic E-state index is -4.64. The first kappa shape index (κ1) is 81.8. The highest BCUT2D eigenvalue weighted by Crippen LogP contribution is 2.38. The molecule has 0 aliphatic rings. The van der Waals surface area contributed by atoms with Gasteiger partial charge >= 0.3 is 11.9 Å². The Labute approximate surface area is 517 Å². The lowest BCUT2D eigenvalue weighted by atomic mass is 10.0. The zero-order valence-corrected chi connectivity index (χ0v) is 57.3. The highest BCUT2D eigenvalue weighted by atomic mass is 31.2. The van der Waals surface area contributed by atoms with Crippen molar-refractivity contribution in [1.29, 1.82) is 0 Å². The van der Waals surface area contributed by atoms with E-state index in [0.29, 0.717) is 17.4 Å². The van der Waals surface area contributed by atoms with Crippen LogP contribution in [-0.4, -0.2) is 70.0 Å². The second-order valence-corrected chi connectivity index (χ2v) is 28.1. The molecule has 2 unspecified atom stereocenters. The Morgan fingerprint density at radius 1 is 0.361 bits per heavy atom. The molecule has 0 radical (unpaired) electrons. The fourth-order valence-corrected chi connectivity index (χ4v) is 12.1. The molecule has 0 aromatic carbocycles. The van der Waals surface area contributed by atoms with Gasteiger partial charge in [0.2, 0.25) is 0 Å². The summed E-state index contributed by atoms with van der Waals surface area (Å²) in [6, 6.07) is 0. The van der Waals surface area contributed by atoms with E-state index in [1.54, 1.807) is 0 Å². The molecule has 0 aliphatic heterocycles. The van der Waals surface area contributed by atoms with E-state index < -0.39 is 26.5 Å². The van der Waals surface area contributed by atoms with Crippen molar-refractivity contribution < 1.29 is 42.1 Å². The van der Waals surface area contributed by atoms with Gasteiger partial charge in [-0.15, -0.1) is 0 Å². The molecule has 0 heterocycles. The summed E-state index contributed by atoms with van der Waals surface area (Å²) in [5.41, 5.74) is 0. The number of hydrogen-bond donors (Lipinski definition) is 0. The average Bonchev–Trinajstić information content (AvgIpc) is 3.49.